The van der Waals surface area contributed by atoms with Crippen LogP contribution in [0.15, 0.2) is 65.8 Å². The van der Waals surface area contributed by atoms with Crippen LogP contribution >= 0.6 is 23.2 Å². The van der Waals surface area contributed by atoms with Crippen LogP contribution < -0.4 is 14.2 Å². The summed E-state index contributed by atoms with van der Waals surface area (Å²) >= 11 is 12.8. The lowest BCUT2D eigenvalue weighted by molar-refractivity contribution is -0.0190. The van der Waals surface area contributed by atoms with Crippen molar-refractivity contribution in [1.82, 2.24) is 5.01 Å². The highest BCUT2D eigenvalue weighted by molar-refractivity contribution is 6.35. The molecule has 0 radical (unpaired) electrons. The second-order valence-electron chi connectivity index (χ2n) is 7.40. The second kappa shape index (κ2) is 6.83. The van der Waals surface area contributed by atoms with Crippen LogP contribution in [0.4, 0.5) is 0 Å². The minimum absolute atomic E-state index is 0.0319. The van der Waals surface area contributed by atoms with Crippen LogP contribution in [0.3, 0.4) is 0 Å². The van der Waals surface area contributed by atoms with Crippen LogP contribution in [0.25, 0.3) is 0 Å². The molecule has 0 N–H and O–H groups in total. The number of halogens is 2. The molecule has 0 aromatic heterocycles. The van der Waals surface area contributed by atoms with Gasteiger partial charge in [-0.05, 0) is 35.9 Å². The highest BCUT2D eigenvalue weighted by Crippen LogP contribution is 2.51. The van der Waals surface area contributed by atoms with E-state index in [2.05, 4.69) is 12.1 Å². The Labute approximate surface area is 183 Å². The molecular formula is C23H16Cl2N2O3. The molecule has 6 rings (SSSR count). The topological polar surface area (TPSA) is 43.3 Å². The average molecular weight is 439 g/mol. The van der Waals surface area contributed by atoms with Crippen molar-refractivity contribution in [2.75, 3.05) is 6.79 Å². The Hall–Kier alpha value is -2.89. The van der Waals surface area contributed by atoms with Gasteiger partial charge < -0.3 is 14.2 Å². The summed E-state index contributed by atoms with van der Waals surface area (Å²) in [6.45, 7) is 0.222. The summed E-state index contributed by atoms with van der Waals surface area (Å²) in [6, 6.07) is 19.6. The number of nitrogens with zero attached hydrogens (tertiary/aromatic N) is 2. The summed E-state index contributed by atoms with van der Waals surface area (Å²) < 4.78 is 17.4. The number of benzene rings is 3. The molecule has 3 aromatic carbocycles. The Morgan fingerprint density at radius 3 is 2.63 bits per heavy atom. The first kappa shape index (κ1) is 17.9. The highest BCUT2D eigenvalue weighted by Gasteiger charge is 2.42. The second-order valence-corrected chi connectivity index (χ2v) is 8.25. The largest absolute Gasteiger partial charge is 0.463 e. The lowest BCUT2D eigenvalue weighted by Crippen LogP contribution is -2.33. The lowest BCUT2D eigenvalue weighted by atomic mass is 9.96. The van der Waals surface area contributed by atoms with E-state index in [4.69, 9.17) is 42.5 Å². The molecule has 0 fully saturated rings. The number of hydrazone groups is 1. The minimum Gasteiger partial charge on any atom is -0.463 e. The van der Waals surface area contributed by atoms with Crippen molar-refractivity contribution in [3.63, 3.8) is 0 Å². The molecule has 0 aliphatic carbocycles. The van der Waals surface area contributed by atoms with Crippen molar-refractivity contribution in [3.05, 3.63) is 87.4 Å². The molecule has 3 aliphatic heterocycles. The molecular weight excluding hydrogens is 423 g/mol. The summed E-state index contributed by atoms with van der Waals surface area (Å²) in [4.78, 5) is 0. The molecule has 30 heavy (non-hydrogen) atoms. The van der Waals surface area contributed by atoms with Crippen LogP contribution in [0.1, 0.15) is 35.4 Å². The number of fused-ring (bicyclic) bond motifs is 4. The average Bonchev–Trinajstić information content (AvgIpc) is 3.41. The molecule has 3 aromatic rings. The molecule has 0 saturated carbocycles. The van der Waals surface area contributed by atoms with Crippen molar-refractivity contribution in [3.8, 4) is 17.2 Å². The van der Waals surface area contributed by atoms with Crippen LogP contribution in [0.2, 0.25) is 10.0 Å². The molecule has 2 unspecified atom stereocenters. The maximum atomic E-state index is 6.53. The lowest BCUT2D eigenvalue weighted by Gasteiger charge is -2.38. The zero-order valence-electron chi connectivity index (χ0n) is 15.7. The Bertz CT molecular complexity index is 1180. The summed E-state index contributed by atoms with van der Waals surface area (Å²) in [7, 11) is 0. The van der Waals surface area contributed by atoms with Gasteiger partial charge in [0.05, 0.1) is 16.8 Å². The third-order valence-corrected chi connectivity index (χ3v) is 6.10. The summed E-state index contributed by atoms with van der Waals surface area (Å²) in [5.41, 5.74) is 3.95. The SMILES string of the molecule is Clc1cc(Cl)c2c(c1)C1CC(c3ccccc3)=NN1C(c1ccc3c(c1)OCO3)O2. The quantitative estimate of drug-likeness (QED) is 0.494. The molecule has 5 nitrogen and oxygen atoms in total. The first-order chi connectivity index (χ1) is 14.7. The minimum atomic E-state index is -0.447. The van der Waals surface area contributed by atoms with Gasteiger partial charge in [-0.2, -0.15) is 5.10 Å². The van der Waals surface area contributed by atoms with E-state index in [0.29, 0.717) is 21.5 Å². The summed E-state index contributed by atoms with van der Waals surface area (Å²) in [5, 5.41) is 8.03. The van der Waals surface area contributed by atoms with E-state index < -0.39 is 6.23 Å². The van der Waals surface area contributed by atoms with E-state index in [1.165, 1.54) is 0 Å². The number of ether oxygens (including phenoxy) is 3. The molecule has 7 heteroatoms. The molecule has 3 heterocycles. The fourth-order valence-corrected chi connectivity index (χ4v) is 4.76. The van der Waals surface area contributed by atoms with Gasteiger partial charge in [-0.1, -0.05) is 53.5 Å². The van der Waals surface area contributed by atoms with E-state index in [-0.39, 0.29) is 12.8 Å². The van der Waals surface area contributed by atoms with E-state index in [1.807, 2.05) is 47.5 Å². The van der Waals surface area contributed by atoms with Crippen molar-refractivity contribution in [2.45, 2.75) is 18.7 Å². The first-order valence-electron chi connectivity index (χ1n) is 9.64. The third-order valence-electron chi connectivity index (χ3n) is 5.60. The van der Waals surface area contributed by atoms with Crippen LogP contribution in [-0.2, 0) is 0 Å². The van der Waals surface area contributed by atoms with Gasteiger partial charge >= 0.3 is 0 Å². The van der Waals surface area contributed by atoms with Crippen molar-refractivity contribution in [1.29, 1.82) is 0 Å². The Kier molecular flexibility index (Phi) is 4.08. The molecule has 2 atom stereocenters. The van der Waals surface area contributed by atoms with Gasteiger partial charge in [-0.15, -0.1) is 0 Å². The maximum absolute atomic E-state index is 6.53. The maximum Gasteiger partial charge on any atom is 0.231 e. The normalized spacial score (nSPS) is 21.0. The zero-order valence-corrected chi connectivity index (χ0v) is 17.2. The fourth-order valence-electron chi connectivity index (χ4n) is 4.21. The van der Waals surface area contributed by atoms with E-state index in [1.54, 1.807) is 6.07 Å². The van der Waals surface area contributed by atoms with Crippen LogP contribution in [0.5, 0.6) is 17.2 Å². The smallest absolute Gasteiger partial charge is 0.231 e. The van der Waals surface area contributed by atoms with Crippen LogP contribution in [-0.4, -0.2) is 17.5 Å². The van der Waals surface area contributed by atoms with Crippen molar-refractivity contribution < 1.29 is 14.2 Å². The molecule has 150 valence electrons. The molecule has 0 amide bonds. The third kappa shape index (κ3) is 2.81. The fraction of sp³-hybridized carbons (Fsp3) is 0.174. The van der Waals surface area contributed by atoms with E-state index >= 15 is 0 Å². The number of hydrogen-bond donors (Lipinski definition) is 0. The highest BCUT2D eigenvalue weighted by atomic mass is 35.5. The van der Waals surface area contributed by atoms with Gasteiger partial charge in [-0.3, -0.25) is 0 Å². The Balaban J connectivity index is 1.48. The molecule has 0 saturated heterocycles. The van der Waals surface area contributed by atoms with Crippen molar-refractivity contribution >= 4 is 28.9 Å². The summed E-state index contributed by atoms with van der Waals surface area (Å²) in [5.74, 6) is 2.08. The summed E-state index contributed by atoms with van der Waals surface area (Å²) in [6.07, 6.45) is 0.287. The molecule has 3 aliphatic rings. The molecule has 0 spiro atoms. The van der Waals surface area contributed by atoms with Gasteiger partial charge in [0.15, 0.2) is 11.5 Å². The Morgan fingerprint density at radius 2 is 1.77 bits per heavy atom. The van der Waals surface area contributed by atoms with Crippen LogP contribution in [0, 0.1) is 0 Å². The van der Waals surface area contributed by atoms with Gasteiger partial charge in [-0.25, -0.2) is 5.01 Å². The first-order valence-corrected chi connectivity index (χ1v) is 10.4. The van der Waals surface area contributed by atoms with E-state index in [0.717, 1.165) is 34.6 Å². The standard InChI is InChI=1S/C23H16Cl2N2O3/c24-15-9-16-19-11-18(13-4-2-1-3-5-13)26-27(19)23(30-22(16)17(25)10-15)14-6-7-20-21(8-14)29-12-28-20/h1-10,19,23H,11-12H2. The number of hydrogen-bond acceptors (Lipinski definition) is 5. The van der Waals surface area contributed by atoms with Crippen molar-refractivity contribution in [2.24, 2.45) is 5.10 Å². The predicted molar refractivity (Wildman–Crippen MR) is 115 cm³/mol. The van der Waals surface area contributed by atoms with E-state index in [9.17, 15) is 0 Å². The monoisotopic (exact) mass is 438 g/mol. The molecule has 0 bridgehead atoms. The van der Waals surface area contributed by atoms with Gasteiger partial charge in [0.25, 0.3) is 0 Å². The predicted octanol–water partition coefficient (Wildman–Crippen LogP) is 5.96. The zero-order chi connectivity index (χ0) is 20.2. The van der Waals surface area contributed by atoms with Gasteiger partial charge in [0.2, 0.25) is 13.0 Å². The Morgan fingerprint density at radius 1 is 0.933 bits per heavy atom. The van der Waals surface area contributed by atoms with Gasteiger partial charge in [0.1, 0.15) is 5.75 Å². The van der Waals surface area contributed by atoms with Gasteiger partial charge in [0, 0.05) is 22.6 Å². The number of rotatable bonds is 2.